The molecule has 0 saturated heterocycles. The van der Waals surface area contributed by atoms with E-state index in [0.29, 0.717) is 12.1 Å². The fraction of sp³-hybridized carbons (Fsp3) is 0.438. The van der Waals surface area contributed by atoms with Gasteiger partial charge in [0.25, 0.3) is 5.91 Å². The predicted octanol–water partition coefficient (Wildman–Crippen LogP) is 2.22. The molecule has 0 fully saturated rings. The molecule has 3 heteroatoms. The summed E-state index contributed by atoms with van der Waals surface area (Å²) in [4.78, 5) is 12.2. The summed E-state index contributed by atoms with van der Waals surface area (Å²) in [7, 11) is 0. The first-order chi connectivity index (χ1) is 9.08. The van der Waals surface area contributed by atoms with Crippen molar-refractivity contribution in [3.63, 3.8) is 0 Å². The highest BCUT2D eigenvalue weighted by atomic mass is 16.1. The van der Waals surface area contributed by atoms with Crippen LogP contribution in [0.3, 0.4) is 0 Å². The maximum Gasteiger partial charge on any atom is 0.251 e. The number of nitrogens with one attached hydrogen (secondary N) is 1. The zero-order chi connectivity index (χ0) is 14.3. The van der Waals surface area contributed by atoms with Gasteiger partial charge in [-0.3, -0.25) is 4.79 Å². The highest BCUT2D eigenvalue weighted by Crippen LogP contribution is 2.11. The number of benzene rings is 1. The van der Waals surface area contributed by atoms with Gasteiger partial charge in [0.2, 0.25) is 0 Å². The standard InChI is InChI=1S/C16H22N2O/c1-4-6-13(3)18-16(19)15-11-14(7-5-10-17)9-8-12(15)2/h8-9,11,13H,4,6,10,17H2,1-3H3,(H,18,19). The Morgan fingerprint density at radius 1 is 1.47 bits per heavy atom. The molecule has 1 aromatic carbocycles. The summed E-state index contributed by atoms with van der Waals surface area (Å²) in [6.45, 7) is 6.38. The van der Waals surface area contributed by atoms with Gasteiger partial charge in [-0.25, -0.2) is 0 Å². The van der Waals surface area contributed by atoms with E-state index in [1.807, 2.05) is 32.0 Å². The third-order valence-corrected chi connectivity index (χ3v) is 2.92. The predicted molar refractivity (Wildman–Crippen MR) is 78.9 cm³/mol. The van der Waals surface area contributed by atoms with Crippen molar-refractivity contribution in [2.75, 3.05) is 6.54 Å². The van der Waals surface area contributed by atoms with Crippen LogP contribution >= 0.6 is 0 Å². The van der Waals surface area contributed by atoms with Gasteiger partial charge in [0.05, 0.1) is 6.54 Å². The van der Waals surface area contributed by atoms with E-state index in [1.54, 1.807) is 0 Å². The lowest BCUT2D eigenvalue weighted by molar-refractivity contribution is 0.0937. The van der Waals surface area contributed by atoms with Crippen molar-refractivity contribution in [3.05, 3.63) is 34.9 Å². The molecule has 0 radical (unpaired) electrons. The minimum absolute atomic E-state index is 0.0325. The van der Waals surface area contributed by atoms with Crippen LogP contribution in [0.1, 0.15) is 48.2 Å². The highest BCUT2D eigenvalue weighted by molar-refractivity contribution is 5.96. The minimum atomic E-state index is -0.0325. The van der Waals surface area contributed by atoms with Gasteiger partial charge in [-0.1, -0.05) is 31.3 Å². The monoisotopic (exact) mass is 258 g/mol. The van der Waals surface area contributed by atoms with Crippen LogP contribution in [0, 0.1) is 18.8 Å². The molecule has 3 N–H and O–H groups in total. The summed E-state index contributed by atoms with van der Waals surface area (Å²) in [6.07, 6.45) is 2.04. The topological polar surface area (TPSA) is 55.1 Å². The molecule has 1 rings (SSSR count). The first-order valence-corrected chi connectivity index (χ1v) is 6.69. The van der Waals surface area contributed by atoms with E-state index in [2.05, 4.69) is 24.1 Å². The number of hydrogen-bond acceptors (Lipinski definition) is 2. The Morgan fingerprint density at radius 2 is 2.21 bits per heavy atom. The summed E-state index contributed by atoms with van der Waals surface area (Å²) in [5.74, 6) is 5.72. The van der Waals surface area contributed by atoms with Crippen molar-refractivity contribution in [1.29, 1.82) is 0 Å². The maximum atomic E-state index is 12.2. The highest BCUT2D eigenvalue weighted by Gasteiger charge is 2.11. The minimum Gasteiger partial charge on any atom is -0.350 e. The Labute approximate surface area is 115 Å². The van der Waals surface area contributed by atoms with Crippen LogP contribution in [0.5, 0.6) is 0 Å². The number of carbonyl (C=O) groups excluding carboxylic acids is 1. The summed E-state index contributed by atoms with van der Waals surface area (Å²) >= 11 is 0. The van der Waals surface area contributed by atoms with Crippen molar-refractivity contribution in [2.45, 2.75) is 39.7 Å². The largest absolute Gasteiger partial charge is 0.350 e. The van der Waals surface area contributed by atoms with E-state index in [4.69, 9.17) is 5.73 Å². The fourth-order valence-corrected chi connectivity index (χ4v) is 1.90. The third kappa shape index (κ3) is 4.76. The van der Waals surface area contributed by atoms with Crippen LogP contribution in [-0.4, -0.2) is 18.5 Å². The Kier molecular flexibility index (Phi) is 6.11. The SMILES string of the molecule is CCCC(C)NC(=O)c1cc(C#CCN)ccc1C. The molecule has 0 heterocycles. The van der Waals surface area contributed by atoms with Gasteiger partial charge in [-0.15, -0.1) is 0 Å². The summed E-state index contributed by atoms with van der Waals surface area (Å²) < 4.78 is 0. The van der Waals surface area contributed by atoms with Gasteiger partial charge in [0.1, 0.15) is 0 Å². The molecule has 0 aliphatic rings. The van der Waals surface area contributed by atoms with E-state index in [9.17, 15) is 4.79 Å². The second kappa shape index (κ2) is 7.60. The molecule has 102 valence electrons. The lowest BCUT2D eigenvalue weighted by Crippen LogP contribution is -2.32. The molecular weight excluding hydrogens is 236 g/mol. The average Bonchev–Trinajstić information content (AvgIpc) is 2.37. The summed E-state index contributed by atoms with van der Waals surface area (Å²) in [5, 5.41) is 3.01. The van der Waals surface area contributed by atoms with E-state index in [1.165, 1.54) is 0 Å². The number of nitrogens with two attached hydrogens (primary N) is 1. The number of rotatable bonds is 4. The molecule has 1 aromatic rings. The van der Waals surface area contributed by atoms with E-state index >= 15 is 0 Å². The average molecular weight is 258 g/mol. The number of hydrogen-bond donors (Lipinski definition) is 2. The Morgan fingerprint density at radius 3 is 2.84 bits per heavy atom. The summed E-state index contributed by atoms with van der Waals surface area (Å²) in [5.41, 5.74) is 7.82. The van der Waals surface area contributed by atoms with Crippen LogP contribution < -0.4 is 11.1 Å². The zero-order valence-electron chi connectivity index (χ0n) is 11.9. The van der Waals surface area contributed by atoms with Crippen molar-refractivity contribution >= 4 is 5.91 Å². The van der Waals surface area contributed by atoms with Crippen LogP contribution in [0.25, 0.3) is 0 Å². The molecule has 3 nitrogen and oxygen atoms in total. The molecule has 1 atom stereocenters. The van der Waals surface area contributed by atoms with Gasteiger partial charge in [0, 0.05) is 17.2 Å². The lowest BCUT2D eigenvalue weighted by atomic mass is 10.0. The quantitative estimate of drug-likeness (QED) is 0.814. The van der Waals surface area contributed by atoms with E-state index in [0.717, 1.165) is 24.0 Å². The first kappa shape index (κ1) is 15.3. The second-order valence-corrected chi connectivity index (χ2v) is 4.70. The Bertz CT molecular complexity index is 497. The van der Waals surface area contributed by atoms with Crippen molar-refractivity contribution in [1.82, 2.24) is 5.32 Å². The molecule has 19 heavy (non-hydrogen) atoms. The number of aryl methyl sites for hydroxylation is 1. The van der Waals surface area contributed by atoms with Crippen LogP contribution in [0.4, 0.5) is 0 Å². The molecule has 1 amide bonds. The van der Waals surface area contributed by atoms with Gasteiger partial charge < -0.3 is 11.1 Å². The van der Waals surface area contributed by atoms with Crippen LogP contribution in [-0.2, 0) is 0 Å². The molecule has 1 unspecified atom stereocenters. The van der Waals surface area contributed by atoms with Gasteiger partial charge in [0.15, 0.2) is 0 Å². The number of carbonyl (C=O) groups is 1. The van der Waals surface area contributed by atoms with Gasteiger partial charge in [-0.05, 0) is 38.0 Å². The Balaban J connectivity index is 2.89. The smallest absolute Gasteiger partial charge is 0.251 e. The van der Waals surface area contributed by atoms with E-state index < -0.39 is 0 Å². The second-order valence-electron chi connectivity index (χ2n) is 4.70. The van der Waals surface area contributed by atoms with Crippen molar-refractivity contribution in [2.24, 2.45) is 5.73 Å². The van der Waals surface area contributed by atoms with E-state index in [-0.39, 0.29) is 11.9 Å². The van der Waals surface area contributed by atoms with Gasteiger partial charge in [-0.2, -0.15) is 0 Å². The normalized spacial score (nSPS) is 11.4. The zero-order valence-corrected chi connectivity index (χ0v) is 11.9. The summed E-state index contributed by atoms with van der Waals surface area (Å²) in [6, 6.07) is 5.84. The van der Waals surface area contributed by atoms with Crippen LogP contribution in [0.15, 0.2) is 18.2 Å². The molecule has 0 bridgehead atoms. The molecular formula is C16H22N2O. The van der Waals surface area contributed by atoms with Crippen molar-refractivity contribution < 1.29 is 4.79 Å². The third-order valence-electron chi connectivity index (χ3n) is 2.92. The molecule has 0 aliphatic heterocycles. The Hall–Kier alpha value is -1.79. The first-order valence-electron chi connectivity index (χ1n) is 6.69. The fourth-order valence-electron chi connectivity index (χ4n) is 1.90. The van der Waals surface area contributed by atoms with Crippen molar-refractivity contribution in [3.8, 4) is 11.8 Å². The van der Waals surface area contributed by atoms with Gasteiger partial charge >= 0.3 is 0 Å². The van der Waals surface area contributed by atoms with Crippen LogP contribution in [0.2, 0.25) is 0 Å². The molecule has 0 aromatic heterocycles. The lowest BCUT2D eigenvalue weighted by Gasteiger charge is -2.14. The molecule has 0 aliphatic carbocycles. The maximum absolute atomic E-state index is 12.2. The molecule has 0 saturated carbocycles. The molecule has 0 spiro atoms. The number of amides is 1.